The lowest BCUT2D eigenvalue weighted by Crippen LogP contribution is -2.05. The molecular weight excluding hydrogens is 258 g/mol. The van der Waals surface area contributed by atoms with Crippen molar-refractivity contribution in [3.63, 3.8) is 0 Å². The molecule has 0 aromatic carbocycles. The molecule has 0 unspecified atom stereocenters. The summed E-state index contributed by atoms with van der Waals surface area (Å²) in [7, 11) is 0. The van der Waals surface area contributed by atoms with E-state index in [4.69, 9.17) is 5.11 Å². The molecule has 2 aromatic rings. The molecule has 5 heteroatoms. The maximum atomic E-state index is 9.08. The molecular formula is C14H21N3OS. The fraction of sp³-hybridized carbons (Fsp3) is 0.571. The molecule has 19 heavy (non-hydrogen) atoms. The predicted octanol–water partition coefficient (Wildman–Crippen LogP) is 2.49. The number of hydrogen-bond acceptors (Lipinski definition) is 4. The molecule has 0 saturated heterocycles. The fourth-order valence-corrected chi connectivity index (χ4v) is 3.16. The van der Waals surface area contributed by atoms with Crippen molar-refractivity contribution < 1.29 is 5.11 Å². The third kappa shape index (κ3) is 3.22. The first kappa shape index (κ1) is 14.2. The Morgan fingerprint density at radius 3 is 2.79 bits per heavy atom. The van der Waals surface area contributed by atoms with Gasteiger partial charge in [0, 0.05) is 17.7 Å². The van der Waals surface area contributed by atoms with Gasteiger partial charge in [-0.1, -0.05) is 6.92 Å². The molecule has 2 heterocycles. The maximum Gasteiger partial charge on any atom is 0.0928 e. The van der Waals surface area contributed by atoms with Gasteiger partial charge in [0.2, 0.25) is 0 Å². The third-order valence-electron chi connectivity index (χ3n) is 3.27. The fourth-order valence-electron chi connectivity index (χ4n) is 2.27. The molecule has 104 valence electrons. The lowest BCUT2D eigenvalue weighted by atomic mass is 10.1. The monoisotopic (exact) mass is 279 g/mol. The molecule has 2 aromatic heterocycles. The third-order valence-corrected chi connectivity index (χ3v) is 4.23. The van der Waals surface area contributed by atoms with E-state index in [0.717, 1.165) is 42.0 Å². The number of aliphatic hydroxyl groups is 1. The Bertz CT molecular complexity index is 545. The highest BCUT2D eigenvalue weighted by Gasteiger charge is 2.12. The van der Waals surface area contributed by atoms with E-state index < -0.39 is 0 Å². The maximum absolute atomic E-state index is 9.08. The van der Waals surface area contributed by atoms with Crippen LogP contribution in [0.3, 0.4) is 0 Å². The van der Waals surface area contributed by atoms with Gasteiger partial charge < -0.3 is 5.11 Å². The predicted molar refractivity (Wildman–Crippen MR) is 77.7 cm³/mol. The van der Waals surface area contributed by atoms with Gasteiger partial charge in [-0.2, -0.15) is 5.10 Å². The topological polar surface area (TPSA) is 50.9 Å². The van der Waals surface area contributed by atoms with Crippen molar-refractivity contribution in [3.8, 4) is 0 Å². The summed E-state index contributed by atoms with van der Waals surface area (Å²) in [5.74, 6) is 0. The number of nitrogens with zero attached hydrogens (tertiary/aromatic N) is 3. The Balaban J connectivity index is 2.16. The van der Waals surface area contributed by atoms with Crippen molar-refractivity contribution in [3.05, 3.63) is 33.0 Å². The van der Waals surface area contributed by atoms with Crippen molar-refractivity contribution in [2.45, 2.75) is 46.6 Å². The summed E-state index contributed by atoms with van der Waals surface area (Å²) in [5, 5.41) is 17.0. The van der Waals surface area contributed by atoms with E-state index in [1.54, 1.807) is 11.3 Å². The van der Waals surface area contributed by atoms with Gasteiger partial charge in [0.05, 0.1) is 22.9 Å². The van der Waals surface area contributed by atoms with Gasteiger partial charge in [-0.3, -0.25) is 4.68 Å². The van der Waals surface area contributed by atoms with Crippen LogP contribution in [0.5, 0.6) is 0 Å². The Labute approximate surface area is 118 Å². The quantitative estimate of drug-likeness (QED) is 0.884. The summed E-state index contributed by atoms with van der Waals surface area (Å²) in [6, 6.07) is 0. The largest absolute Gasteiger partial charge is 0.396 e. The van der Waals surface area contributed by atoms with Crippen LogP contribution in [0.1, 0.15) is 41.0 Å². The first-order valence-corrected chi connectivity index (χ1v) is 7.60. The molecule has 0 amide bonds. The number of aryl methyl sites for hydroxylation is 2. The molecule has 2 rings (SSSR count). The Hall–Kier alpha value is -1.20. The first-order valence-electron chi connectivity index (χ1n) is 6.72. The average Bonchev–Trinajstić information content (AvgIpc) is 2.91. The Morgan fingerprint density at radius 1 is 1.32 bits per heavy atom. The smallest absolute Gasteiger partial charge is 0.0928 e. The standard InChI is InChI=1S/C14H21N3OS/c1-4-5-14-15-12(9-19-14)8-17-11(3)13(6-7-18)10(2)16-17/h9,18H,4-8H2,1-3H3. The van der Waals surface area contributed by atoms with Crippen molar-refractivity contribution in [1.29, 1.82) is 0 Å². The van der Waals surface area contributed by atoms with E-state index in [9.17, 15) is 0 Å². The van der Waals surface area contributed by atoms with Gasteiger partial charge in [0.15, 0.2) is 0 Å². The zero-order valence-corrected chi connectivity index (χ0v) is 12.6. The molecule has 0 radical (unpaired) electrons. The summed E-state index contributed by atoms with van der Waals surface area (Å²) in [6.07, 6.45) is 2.86. The van der Waals surface area contributed by atoms with Gasteiger partial charge in [0.1, 0.15) is 0 Å². The number of aromatic nitrogens is 3. The molecule has 0 aliphatic carbocycles. The molecule has 0 aliphatic heterocycles. The second kappa shape index (κ2) is 6.30. The van der Waals surface area contributed by atoms with Crippen LogP contribution in [0, 0.1) is 13.8 Å². The Kier molecular flexibility index (Phi) is 4.71. The molecule has 4 nitrogen and oxygen atoms in total. The first-order chi connectivity index (χ1) is 9.15. The van der Waals surface area contributed by atoms with Gasteiger partial charge >= 0.3 is 0 Å². The lowest BCUT2D eigenvalue weighted by molar-refractivity contribution is 0.299. The highest BCUT2D eigenvalue weighted by Crippen LogP contribution is 2.17. The van der Waals surface area contributed by atoms with Gasteiger partial charge in [-0.15, -0.1) is 11.3 Å². The summed E-state index contributed by atoms with van der Waals surface area (Å²) >= 11 is 1.73. The van der Waals surface area contributed by atoms with E-state index in [1.807, 2.05) is 11.6 Å². The van der Waals surface area contributed by atoms with Crippen molar-refractivity contribution >= 4 is 11.3 Å². The minimum absolute atomic E-state index is 0.171. The van der Waals surface area contributed by atoms with Crippen LogP contribution in [0.4, 0.5) is 0 Å². The van der Waals surface area contributed by atoms with Crippen LogP contribution in [-0.2, 0) is 19.4 Å². The number of thiazole rings is 1. The van der Waals surface area contributed by atoms with Crippen molar-refractivity contribution in [2.75, 3.05) is 6.61 Å². The van der Waals surface area contributed by atoms with Crippen molar-refractivity contribution in [1.82, 2.24) is 14.8 Å². The number of aliphatic hydroxyl groups excluding tert-OH is 1. The van der Waals surface area contributed by atoms with Crippen molar-refractivity contribution in [2.24, 2.45) is 0 Å². The summed E-state index contributed by atoms with van der Waals surface area (Å²) in [6.45, 7) is 7.12. The molecule has 0 saturated carbocycles. The van der Waals surface area contributed by atoms with Gasteiger partial charge in [-0.05, 0) is 38.7 Å². The number of rotatable bonds is 6. The van der Waals surface area contributed by atoms with E-state index in [2.05, 4.69) is 29.3 Å². The highest BCUT2D eigenvalue weighted by atomic mass is 32.1. The van der Waals surface area contributed by atoms with Crippen LogP contribution in [0.2, 0.25) is 0 Å². The minimum atomic E-state index is 0.171. The summed E-state index contributed by atoms with van der Waals surface area (Å²) in [5.41, 5.74) is 4.38. The normalized spacial score (nSPS) is 11.2. The van der Waals surface area contributed by atoms with Crippen LogP contribution in [0.15, 0.2) is 5.38 Å². The van der Waals surface area contributed by atoms with Crippen LogP contribution in [0.25, 0.3) is 0 Å². The zero-order valence-electron chi connectivity index (χ0n) is 11.8. The summed E-state index contributed by atoms with van der Waals surface area (Å²) in [4.78, 5) is 4.63. The number of hydrogen-bond donors (Lipinski definition) is 1. The molecule has 0 bridgehead atoms. The molecule has 0 spiro atoms. The Morgan fingerprint density at radius 2 is 2.11 bits per heavy atom. The summed E-state index contributed by atoms with van der Waals surface area (Å²) < 4.78 is 1.99. The lowest BCUT2D eigenvalue weighted by Gasteiger charge is -2.03. The van der Waals surface area contributed by atoms with E-state index >= 15 is 0 Å². The highest BCUT2D eigenvalue weighted by molar-refractivity contribution is 7.09. The SMILES string of the molecule is CCCc1nc(Cn2nc(C)c(CCO)c2C)cs1. The zero-order chi connectivity index (χ0) is 13.8. The average molecular weight is 279 g/mol. The second-order valence-electron chi connectivity index (χ2n) is 4.76. The van der Waals surface area contributed by atoms with Crippen LogP contribution >= 0.6 is 11.3 Å². The van der Waals surface area contributed by atoms with Crippen LogP contribution in [-0.4, -0.2) is 26.5 Å². The van der Waals surface area contributed by atoms with Gasteiger partial charge in [-0.25, -0.2) is 4.98 Å². The molecule has 0 aliphatic rings. The van der Waals surface area contributed by atoms with Crippen LogP contribution < -0.4 is 0 Å². The molecule has 1 N–H and O–H groups in total. The van der Waals surface area contributed by atoms with E-state index in [0.29, 0.717) is 6.42 Å². The second-order valence-corrected chi connectivity index (χ2v) is 5.71. The van der Waals surface area contributed by atoms with Gasteiger partial charge in [0.25, 0.3) is 0 Å². The minimum Gasteiger partial charge on any atom is -0.396 e. The van der Waals surface area contributed by atoms with E-state index in [-0.39, 0.29) is 6.61 Å². The molecule has 0 fully saturated rings. The molecule has 0 atom stereocenters. The van der Waals surface area contributed by atoms with E-state index in [1.165, 1.54) is 5.01 Å².